The first-order valence-corrected chi connectivity index (χ1v) is 7.20. The number of carboxylic acids is 1. The minimum Gasteiger partial charge on any atom is -0.478 e. The van der Waals surface area contributed by atoms with E-state index in [1.54, 1.807) is 30.3 Å². The van der Waals surface area contributed by atoms with Gasteiger partial charge in [-0.05, 0) is 37.0 Å². The second kappa shape index (κ2) is 7.36. The Balaban J connectivity index is 2.33. The van der Waals surface area contributed by atoms with Gasteiger partial charge in [-0.2, -0.15) is 0 Å². The molecule has 0 aliphatic carbocycles. The molecule has 0 saturated heterocycles. The van der Waals surface area contributed by atoms with E-state index in [0.29, 0.717) is 23.1 Å². The topological polar surface area (TPSA) is 54.4 Å². The van der Waals surface area contributed by atoms with Crippen LogP contribution in [0.1, 0.15) is 44.7 Å². The molecule has 0 aliphatic heterocycles. The van der Waals surface area contributed by atoms with Crippen LogP contribution in [0.15, 0.2) is 61.2 Å². The first-order valence-electron chi connectivity index (χ1n) is 7.20. The molecule has 1 N–H and O–H groups in total. The summed E-state index contributed by atoms with van der Waals surface area (Å²) >= 11 is 0. The van der Waals surface area contributed by atoms with E-state index in [4.69, 9.17) is 0 Å². The van der Waals surface area contributed by atoms with E-state index < -0.39 is 5.97 Å². The molecule has 112 valence electrons. The van der Waals surface area contributed by atoms with Crippen molar-refractivity contribution in [1.82, 2.24) is 0 Å². The molecule has 22 heavy (non-hydrogen) atoms. The molecule has 0 aliphatic rings. The Kier molecular flexibility index (Phi) is 5.26. The molecular weight excluding hydrogens is 276 g/mol. The van der Waals surface area contributed by atoms with Crippen LogP contribution < -0.4 is 0 Å². The molecule has 0 fully saturated rings. The highest BCUT2D eigenvalue weighted by Crippen LogP contribution is 2.18. The molecule has 0 radical (unpaired) electrons. The summed E-state index contributed by atoms with van der Waals surface area (Å²) < 4.78 is 0. The Labute approximate surface area is 129 Å². The second-order valence-electron chi connectivity index (χ2n) is 5.05. The number of carboxylic acid groups (broad SMARTS) is 1. The van der Waals surface area contributed by atoms with Gasteiger partial charge in [0.1, 0.15) is 0 Å². The molecule has 0 heterocycles. The van der Waals surface area contributed by atoms with Crippen molar-refractivity contribution in [3.05, 3.63) is 83.4 Å². The summed E-state index contributed by atoms with van der Waals surface area (Å²) in [6.07, 6.45) is 4.05. The third-order valence-corrected chi connectivity index (χ3v) is 3.49. The maximum Gasteiger partial charge on any atom is 0.335 e. The largest absolute Gasteiger partial charge is 0.478 e. The van der Waals surface area contributed by atoms with E-state index in [0.717, 1.165) is 12.8 Å². The third-order valence-electron chi connectivity index (χ3n) is 3.49. The lowest BCUT2D eigenvalue weighted by Crippen LogP contribution is -2.07. The van der Waals surface area contributed by atoms with Gasteiger partial charge in [0.2, 0.25) is 0 Å². The second-order valence-corrected chi connectivity index (χ2v) is 5.05. The summed E-state index contributed by atoms with van der Waals surface area (Å²) in [6.45, 7) is 3.66. The SMILES string of the molecule is C=CCCCc1cc(C(=O)c2ccccc2)ccc1C(=O)O. The summed E-state index contributed by atoms with van der Waals surface area (Å²) in [5, 5.41) is 9.26. The van der Waals surface area contributed by atoms with Crippen LogP contribution in [0.25, 0.3) is 0 Å². The van der Waals surface area contributed by atoms with Gasteiger partial charge in [0, 0.05) is 11.1 Å². The monoisotopic (exact) mass is 294 g/mol. The molecule has 2 aromatic carbocycles. The fourth-order valence-electron chi connectivity index (χ4n) is 2.34. The number of benzene rings is 2. The van der Waals surface area contributed by atoms with Gasteiger partial charge in [-0.15, -0.1) is 6.58 Å². The number of ketones is 1. The molecule has 2 aromatic rings. The van der Waals surface area contributed by atoms with E-state index in [1.165, 1.54) is 6.07 Å². The van der Waals surface area contributed by atoms with Crippen molar-refractivity contribution < 1.29 is 14.7 Å². The van der Waals surface area contributed by atoms with Crippen LogP contribution in [-0.2, 0) is 6.42 Å². The number of rotatable bonds is 7. The number of hydrogen-bond donors (Lipinski definition) is 1. The minimum absolute atomic E-state index is 0.0949. The van der Waals surface area contributed by atoms with Gasteiger partial charge < -0.3 is 5.11 Å². The molecule has 0 unspecified atom stereocenters. The van der Waals surface area contributed by atoms with E-state index >= 15 is 0 Å². The normalized spacial score (nSPS) is 10.2. The van der Waals surface area contributed by atoms with Crippen LogP contribution in [-0.4, -0.2) is 16.9 Å². The summed E-state index contributed by atoms with van der Waals surface area (Å²) in [7, 11) is 0. The molecular formula is C19H18O3. The zero-order valence-corrected chi connectivity index (χ0v) is 12.3. The lowest BCUT2D eigenvalue weighted by Gasteiger charge is -2.08. The molecule has 0 aromatic heterocycles. The molecule has 0 spiro atoms. The van der Waals surface area contributed by atoms with Gasteiger partial charge in [0.15, 0.2) is 5.78 Å². The highest BCUT2D eigenvalue weighted by molar-refractivity contribution is 6.09. The maximum absolute atomic E-state index is 12.4. The minimum atomic E-state index is -0.965. The molecule has 0 saturated carbocycles. The maximum atomic E-state index is 12.4. The lowest BCUT2D eigenvalue weighted by molar-refractivity contribution is 0.0695. The number of carbonyl (C=O) groups is 2. The van der Waals surface area contributed by atoms with Gasteiger partial charge >= 0.3 is 5.97 Å². The van der Waals surface area contributed by atoms with Crippen molar-refractivity contribution in [3.63, 3.8) is 0 Å². The molecule has 0 bridgehead atoms. The number of aromatic carboxylic acids is 1. The Morgan fingerprint density at radius 2 is 1.77 bits per heavy atom. The average Bonchev–Trinajstić information content (AvgIpc) is 2.55. The van der Waals surface area contributed by atoms with Crippen LogP contribution in [0.4, 0.5) is 0 Å². The highest BCUT2D eigenvalue weighted by Gasteiger charge is 2.14. The van der Waals surface area contributed by atoms with Crippen LogP contribution in [0, 0.1) is 0 Å². The summed E-state index contributed by atoms with van der Waals surface area (Å²) in [5.74, 6) is -1.06. The first kappa shape index (κ1) is 15.7. The number of allylic oxidation sites excluding steroid dienone is 1. The Morgan fingerprint density at radius 1 is 1.05 bits per heavy atom. The summed E-state index contributed by atoms with van der Waals surface area (Å²) in [6, 6.07) is 13.8. The van der Waals surface area contributed by atoms with Gasteiger partial charge in [-0.1, -0.05) is 42.5 Å². The van der Waals surface area contributed by atoms with Crippen LogP contribution in [0.2, 0.25) is 0 Å². The molecule has 3 heteroatoms. The summed E-state index contributed by atoms with van der Waals surface area (Å²) in [5.41, 5.74) is 2.07. The predicted octanol–water partition coefficient (Wildman–Crippen LogP) is 4.12. The predicted molar refractivity (Wildman–Crippen MR) is 86.4 cm³/mol. The molecule has 0 amide bonds. The molecule has 2 rings (SSSR count). The van der Waals surface area contributed by atoms with Gasteiger partial charge in [0.25, 0.3) is 0 Å². The highest BCUT2D eigenvalue weighted by atomic mass is 16.4. The zero-order chi connectivity index (χ0) is 15.9. The summed E-state index contributed by atoms with van der Waals surface area (Å²) in [4.78, 5) is 23.7. The van der Waals surface area contributed by atoms with Crippen molar-refractivity contribution in [2.45, 2.75) is 19.3 Å². The smallest absolute Gasteiger partial charge is 0.335 e. The van der Waals surface area contributed by atoms with Gasteiger partial charge in [-0.25, -0.2) is 4.79 Å². The fraction of sp³-hybridized carbons (Fsp3) is 0.158. The number of aryl methyl sites for hydroxylation is 1. The number of carbonyl (C=O) groups excluding carboxylic acids is 1. The number of unbranched alkanes of at least 4 members (excludes halogenated alkanes) is 1. The van der Waals surface area contributed by atoms with Gasteiger partial charge in [0.05, 0.1) is 5.56 Å². The third kappa shape index (κ3) is 3.70. The standard InChI is InChI=1S/C19H18O3/c1-2-3-5-10-15-13-16(11-12-17(15)19(21)22)18(20)14-8-6-4-7-9-14/h2,4,6-9,11-13H,1,3,5,10H2,(H,21,22). The van der Waals surface area contributed by atoms with Crippen molar-refractivity contribution in [1.29, 1.82) is 0 Å². The lowest BCUT2D eigenvalue weighted by atomic mass is 9.95. The molecule has 0 atom stereocenters. The fourth-order valence-corrected chi connectivity index (χ4v) is 2.34. The zero-order valence-electron chi connectivity index (χ0n) is 12.3. The van der Waals surface area contributed by atoms with Gasteiger partial charge in [-0.3, -0.25) is 4.79 Å². The Bertz CT molecular complexity index is 687. The number of hydrogen-bond acceptors (Lipinski definition) is 2. The van der Waals surface area contributed by atoms with E-state index in [-0.39, 0.29) is 11.3 Å². The molecule has 3 nitrogen and oxygen atoms in total. The van der Waals surface area contributed by atoms with Crippen LogP contribution >= 0.6 is 0 Å². The van der Waals surface area contributed by atoms with Crippen LogP contribution in [0.3, 0.4) is 0 Å². The van der Waals surface area contributed by atoms with E-state index in [1.807, 2.05) is 18.2 Å². The average molecular weight is 294 g/mol. The Hall–Kier alpha value is -2.68. The first-order chi connectivity index (χ1) is 10.6. The van der Waals surface area contributed by atoms with Crippen molar-refractivity contribution >= 4 is 11.8 Å². The van der Waals surface area contributed by atoms with Crippen molar-refractivity contribution in [2.24, 2.45) is 0 Å². The van der Waals surface area contributed by atoms with E-state index in [9.17, 15) is 14.7 Å². The van der Waals surface area contributed by atoms with E-state index in [2.05, 4.69) is 6.58 Å². The van der Waals surface area contributed by atoms with Crippen molar-refractivity contribution in [3.8, 4) is 0 Å². The Morgan fingerprint density at radius 3 is 2.41 bits per heavy atom. The quantitative estimate of drug-likeness (QED) is 0.474. The van der Waals surface area contributed by atoms with Crippen LogP contribution in [0.5, 0.6) is 0 Å². The van der Waals surface area contributed by atoms with Crippen molar-refractivity contribution in [2.75, 3.05) is 0 Å².